The molecule has 0 saturated carbocycles. The number of benzene rings is 1. The van der Waals surface area contributed by atoms with Gasteiger partial charge in [0.25, 0.3) is 0 Å². The highest BCUT2D eigenvalue weighted by Gasteiger charge is 2.34. The second kappa shape index (κ2) is 14.4. The summed E-state index contributed by atoms with van der Waals surface area (Å²) in [5.74, 6) is 0.586. The predicted molar refractivity (Wildman–Crippen MR) is 175 cm³/mol. The lowest BCUT2D eigenvalue weighted by Crippen LogP contribution is -2.51. The Hall–Kier alpha value is -2.95. The molecule has 44 heavy (non-hydrogen) atoms. The topological polar surface area (TPSA) is 83.8 Å². The minimum atomic E-state index is -0.482. The fourth-order valence-corrected chi connectivity index (χ4v) is 6.88. The lowest BCUT2D eigenvalue weighted by molar-refractivity contribution is -0.119. The van der Waals surface area contributed by atoms with Gasteiger partial charge in [0.2, 0.25) is 6.41 Å². The van der Waals surface area contributed by atoms with Gasteiger partial charge in [-0.15, -0.1) is 0 Å². The smallest absolute Gasteiger partial charge is 0.410 e. The van der Waals surface area contributed by atoms with Crippen LogP contribution in [-0.4, -0.2) is 86.6 Å². The number of carbonyl (C=O) groups excluding carboxylic acids is 2. The molecular formula is C33H42BrClN6O3. The molecule has 0 N–H and O–H groups in total. The maximum Gasteiger partial charge on any atom is 0.410 e. The van der Waals surface area contributed by atoms with Crippen molar-refractivity contribution >= 4 is 40.0 Å². The Kier molecular flexibility index (Phi) is 10.6. The number of likely N-dealkylation sites (tertiary alicyclic amines) is 1. The Morgan fingerprint density at radius 3 is 2.59 bits per heavy atom. The molecule has 2 atom stereocenters. The highest BCUT2D eigenvalue weighted by atomic mass is 79.9. The maximum absolute atomic E-state index is 12.5. The molecule has 6 rings (SSSR count). The van der Waals surface area contributed by atoms with Gasteiger partial charge in [0.1, 0.15) is 5.60 Å². The molecule has 2 saturated heterocycles. The normalized spacial score (nSPS) is 20.5. The zero-order valence-corrected chi connectivity index (χ0v) is 28.1. The van der Waals surface area contributed by atoms with Gasteiger partial charge in [0.15, 0.2) is 0 Å². The molecule has 2 amide bonds. The van der Waals surface area contributed by atoms with E-state index in [9.17, 15) is 9.59 Å². The van der Waals surface area contributed by atoms with Gasteiger partial charge in [0.05, 0.1) is 18.1 Å². The van der Waals surface area contributed by atoms with Crippen molar-refractivity contribution in [1.29, 1.82) is 0 Å². The summed E-state index contributed by atoms with van der Waals surface area (Å²) in [6, 6.07) is 8.43. The van der Waals surface area contributed by atoms with E-state index in [1.807, 2.05) is 50.5 Å². The first-order chi connectivity index (χ1) is 21.1. The van der Waals surface area contributed by atoms with E-state index in [-0.39, 0.29) is 12.1 Å². The Labute approximate surface area is 273 Å². The van der Waals surface area contributed by atoms with Gasteiger partial charge in [-0.2, -0.15) is 0 Å². The number of halogens is 2. The summed E-state index contributed by atoms with van der Waals surface area (Å²) in [6.07, 6.45) is 12.4. The quantitative estimate of drug-likeness (QED) is 0.314. The Bertz CT molecular complexity index is 1370. The highest BCUT2D eigenvalue weighted by molar-refractivity contribution is 9.10. The maximum atomic E-state index is 12.5. The van der Waals surface area contributed by atoms with E-state index < -0.39 is 5.60 Å². The summed E-state index contributed by atoms with van der Waals surface area (Å²) >= 11 is 9.88. The Balaban J connectivity index is 0.000000229. The van der Waals surface area contributed by atoms with E-state index in [4.69, 9.17) is 21.3 Å². The second-order valence-corrected chi connectivity index (χ2v) is 14.2. The van der Waals surface area contributed by atoms with Crippen LogP contribution in [0.4, 0.5) is 4.79 Å². The molecule has 2 fully saturated rings. The van der Waals surface area contributed by atoms with E-state index >= 15 is 0 Å². The second-order valence-electron chi connectivity index (χ2n) is 12.8. The van der Waals surface area contributed by atoms with Crippen LogP contribution < -0.4 is 0 Å². The monoisotopic (exact) mass is 684 g/mol. The minimum absolute atomic E-state index is 0.0589. The van der Waals surface area contributed by atoms with E-state index in [0.29, 0.717) is 19.0 Å². The summed E-state index contributed by atoms with van der Waals surface area (Å²) in [6.45, 7) is 11.3. The van der Waals surface area contributed by atoms with E-state index in [0.717, 1.165) is 73.6 Å². The zero-order chi connectivity index (χ0) is 31.3. The van der Waals surface area contributed by atoms with Gasteiger partial charge >= 0.3 is 6.09 Å². The van der Waals surface area contributed by atoms with Gasteiger partial charge in [-0.1, -0.05) is 17.7 Å². The molecule has 3 aromatic rings. The lowest BCUT2D eigenvalue weighted by Gasteiger charge is -2.40. The van der Waals surface area contributed by atoms with Crippen molar-refractivity contribution in [2.45, 2.75) is 64.6 Å². The van der Waals surface area contributed by atoms with Crippen LogP contribution in [0.25, 0.3) is 0 Å². The predicted octanol–water partition coefficient (Wildman–Crippen LogP) is 5.99. The molecular weight excluding hydrogens is 644 g/mol. The van der Waals surface area contributed by atoms with E-state index in [1.54, 1.807) is 11.1 Å². The molecule has 4 heterocycles. The third kappa shape index (κ3) is 8.40. The Morgan fingerprint density at radius 2 is 1.89 bits per heavy atom. The Morgan fingerprint density at radius 1 is 1.11 bits per heavy atom. The van der Waals surface area contributed by atoms with Crippen molar-refractivity contribution in [2.75, 3.05) is 39.3 Å². The van der Waals surface area contributed by atoms with Crippen LogP contribution >= 0.6 is 27.5 Å². The first kappa shape index (κ1) is 32.4. The summed E-state index contributed by atoms with van der Waals surface area (Å²) in [4.78, 5) is 38.0. The van der Waals surface area contributed by atoms with Crippen LogP contribution in [0, 0.1) is 5.92 Å². The number of amides is 2. The molecule has 236 valence electrons. The van der Waals surface area contributed by atoms with Crippen LogP contribution in [-0.2, 0) is 28.9 Å². The number of hydrogen-bond acceptors (Lipinski definition) is 6. The number of carbonyl (C=O) groups is 2. The average Bonchev–Trinajstić information content (AvgIpc) is 3.45. The zero-order valence-electron chi connectivity index (χ0n) is 25.8. The molecule has 0 spiro atoms. The number of rotatable bonds is 4. The van der Waals surface area contributed by atoms with Gasteiger partial charge < -0.3 is 19.1 Å². The summed E-state index contributed by atoms with van der Waals surface area (Å²) < 4.78 is 8.63. The first-order valence-corrected chi connectivity index (χ1v) is 16.6. The van der Waals surface area contributed by atoms with Crippen LogP contribution in [0.15, 0.2) is 53.7 Å². The number of piperidine rings is 1. The molecule has 3 aliphatic rings. The lowest BCUT2D eigenvalue weighted by atomic mass is 9.96. The van der Waals surface area contributed by atoms with Crippen molar-refractivity contribution in [1.82, 2.24) is 29.2 Å². The number of ether oxygens (including phenoxy) is 1. The summed E-state index contributed by atoms with van der Waals surface area (Å²) in [5.41, 5.74) is 4.42. The van der Waals surface area contributed by atoms with Crippen LogP contribution in [0.5, 0.6) is 0 Å². The number of piperazine rings is 1. The fraction of sp³-hybridized carbons (Fsp3) is 0.515. The SMILES string of the molecule is CC(C)(C)OC(=O)N1CCN(C2c3ccc(Cl)cc3CCc3cc(Br)cnc32)CC1.O=CN1CCCC(Cn2ccnc2)C1. The van der Waals surface area contributed by atoms with E-state index in [1.165, 1.54) is 23.1 Å². The number of fused-ring (bicyclic) bond motifs is 2. The van der Waals surface area contributed by atoms with Crippen molar-refractivity contribution < 1.29 is 14.3 Å². The van der Waals surface area contributed by atoms with Crippen LogP contribution in [0.3, 0.4) is 0 Å². The minimum Gasteiger partial charge on any atom is -0.444 e. The number of aryl methyl sites for hydroxylation is 2. The van der Waals surface area contributed by atoms with Crippen LogP contribution in [0.2, 0.25) is 5.02 Å². The van der Waals surface area contributed by atoms with Crippen molar-refractivity contribution in [2.24, 2.45) is 5.92 Å². The third-order valence-corrected chi connectivity index (χ3v) is 9.02. The first-order valence-electron chi connectivity index (χ1n) is 15.4. The van der Waals surface area contributed by atoms with E-state index in [2.05, 4.69) is 48.6 Å². The van der Waals surface area contributed by atoms with Gasteiger partial charge in [-0.25, -0.2) is 9.78 Å². The number of nitrogens with zero attached hydrogens (tertiary/aromatic N) is 6. The molecule has 2 aliphatic heterocycles. The molecule has 2 unspecified atom stereocenters. The average molecular weight is 686 g/mol. The summed E-state index contributed by atoms with van der Waals surface area (Å²) in [7, 11) is 0. The number of pyridine rings is 1. The molecule has 2 aromatic heterocycles. The summed E-state index contributed by atoms with van der Waals surface area (Å²) in [5, 5.41) is 0.766. The largest absolute Gasteiger partial charge is 0.444 e. The van der Waals surface area contributed by atoms with Gasteiger partial charge in [0, 0.05) is 73.9 Å². The van der Waals surface area contributed by atoms with Crippen molar-refractivity contribution in [3.05, 3.63) is 81.1 Å². The molecule has 1 aliphatic carbocycles. The van der Waals surface area contributed by atoms with Crippen molar-refractivity contribution in [3.63, 3.8) is 0 Å². The third-order valence-electron chi connectivity index (χ3n) is 8.35. The molecule has 1 aromatic carbocycles. The molecule has 9 nitrogen and oxygen atoms in total. The molecule has 11 heteroatoms. The van der Waals surface area contributed by atoms with Gasteiger partial charge in [-0.05, 0) is 103 Å². The fourth-order valence-electron chi connectivity index (χ4n) is 6.31. The standard InChI is InChI=1S/C23H27BrClN3O2.C10H15N3O/c1-23(2,3)30-22(29)28-10-8-27(9-11-28)21-19-7-6-18(25)13-15(19)4-5-16-12-17(24)14-26-20(16)21;14-9-13-4-1-2-10(7-13)6-12-5-3-11-8-12/h6-7,12-14,21H,4-5,8-11H2,1-3H3;3,5,8-10H,1-2,4,6-7H2. The van der Waals surface area contributed by atoms with Crippen LogP contribution in [0.1, 0.15) is 62.0 Å². The van der Waals surface area contributed by atoms with Crippen molar-refractivity contribution in [3.8, 4) is 0 Å². The molecule has 0 bridgehead atoms. The molecule has 0 radical (unpaired) electrons. The highest BCUT2D eigenvalue weighted by Crippen LogP contribution is 2.38. The number of hydrogen-bond donors (Lipinski definition) is 0. The van der Waals surface area contributed by atoms with Gasteiger partial charge in [-0.3, -0.25) is 14.7 Å². The number of imidazole rings is 1. The number of aromatic nitrogens is 3.